The van der Waals surface area contributed by atoms with Gasteiger partial charge in [-0.15, -0.1) is 0 Å². The van der Waals surface area contributed by atoms with Gasteiger partial charge in [0.2, 0.25) is 5.82 Å². The van der Waals surface area contributed by atoms with Crippen molar-refractivity contribution >= 4 is 21.6 Å². The standard InChI is InChI=1S/C20H31N5O5S/c1-12-10-29-11-14-6-8-30-15-16(20(2,3)31(4,27)28)22-17(23-18(15)25(12)14)19(26)24-7-5-13(21)9-24/h12-14H,5-11,21H2,1-4H3/t12-,13-,14?/m1/s1. The fourth-order valence-corrected chi connectivity index (χ4v) is 4.82. The first-order valence-corrected chi connectivity index (χ1v) is 12.6. The fourth-order valence-electron chi connectivity index (χ4n) is 4.34. The lowest BCUT2D eigenvalue weighted by molar-refractivity contribution is 0.0670. The zero-order valence-corrected chi connectivity index (χ0v) is 19.3. The molecule has 3 aliphatic heterocycles. The molecule has 1 unspecified atom stereocenters. The van der Waals surface area contributed by atoms with Crippen LogP contribution < -0.4 is 15.4 Å². The number of carbonyl (C=O) groups is 1. The zero-order valence-electron chi connectivity index (χ0n) is 18.5. The Balaban J connectivity index is 1.90. The first-order chi connectivity index (χ1) is 14.5. The summed E-state index contributed by atoms with van der Waals surface area (Å²) in [6.07, 6.45) is 2.58. The van der Waals surface area contributed by atoms with E-state index in [0.717, 1.165) is 0 Å². The topological polar surface area (TPSA) is 128 Å². The summed E-state index contributed by atoms with van der Waals surface area (Å²) in [6, 6.07) is -0.0626. The van der Waals surface area contributed by atoms with Crippen LogP contribution in [0.2, 0.25) is 0 Å². The maximum Gasteiger partial charge on any atom is 0.291 e. The van der Waals surface area contributed by atoms with Gasteiger partial charge < -0.3 is 25.0 Å². The molecule has 172 valence electrons. The monoisotopic (exact) mass is 453 g/mol. The third-order valence-corrected chi connectivity index (χ3v) is 8.58. The molecule has 4 heterocycles. The van der Waals surface area contributed by atoms with E-state index in [-0.39, 0.29) is 35.6 Å². The number of carbonyl (C=O) groups excluding carboxylic acids is 1. The quantitative estimate of drug-likeness (QED) is 0.687. The third-order valence-electron chi connectivity index (χ3n) is 6.53. The van der Waals surface area contributed by atoms with Gasteiger partial charge in [-0.25, -0.2) is 18.4 Å². The first-order valence-electron chi connectivity index (χ1n) is 10.7. The van der Waals surface area contributed by atoms with Crippen LogP contribution in [0.3, 0.4) is 0 Å². The van der Waals surface area contributed by atoms with E-state index in [4.69, 9.17) is 15.2 Å². The van der Waals surface area contributed by atoms with Crippen molar-refractivity contribution in [1.29, 1.82) is 0 Å². The van der Waals surface area contributed by atoms with Crippen LogP contribution in [-0.2, 0) is 19.3 Å². The number of sulfone groups is 1. The number of amides is 1. The van der Waals surface area contributed by atoms with Crippen LogP contribution in [0.15, 0.2) is 0 Å². The molecular formula is C20H31N5O5S. The predicted molar refractivity (Wildman–Crippen MR) is 115 cm³/mol. The summed E-state index contributed by atoms with van der Waals surface area (Å²) in [7, 11) is -3.57. The molecule has 4 rings (SSSR count). The molecule has 2 N–H and O–H groups in total. The summed E-state index contributed by atoms with van der Waals surface area (Å²) in [5, 5.41) is 0. The highest BCUT2D eigenvalue weighted by molar-refractivity contribution is 7.91. The number of nitrogens with zero attached hydrogens (tertiary/aromatic N) is 4. The Morgan fingerprint density at radius 1 is 1.23 bits per heavy atom. The van der Waals surface area contributed by atoms with E-state index >= 15 is 0 Å². The van der Waals surface area contributed by atoms with Crippen molar-refractivity contribution in [1.82, 2.24) is 14.9 Å². The minimum Gasteiger partial charge on any atom is -0.488 e. The SMILES string of the molecule is C[C@@H]1COCC2CCOc3c(nc(C(=O)N4CC[C@@H](N)C4)nc3C(C)(C)S(C)(=O)=O)N21. The predicted octanol–water partition coefficient (Wildman–Crippen LogP) is 0.306. The highest BCUT2D eigenvalue weighted by Crippen LogP contribution is 2.43. The molecule has 2 saturated heterocycles. The number of aromatic nitrogens is 2. The van der Waals surface area contributed by atoms with Gasteiger partial charge in [0.25, 0.3) is 5.91 Å². The Labute approximate surface area is 183 Å². The fraction of sp³-hybridized carbons (Fsp3) is 0.750. The molecule has 1 aromatic heterocycles. The molecule has 0 spiro atoms. The Bertz CT molecular complexity index is 982. The van der Waals surface area contributed by atoms with Crippen molar-refractivity contribution in [3.63, 3.8) is 0 Å². The Morgan fingerprint density at radius 3 is 2.61 bits per heavy atom. The molecule has 0 aliphatic carbocycles. The molecule has 31 heavy (non-hydrogen) atoms. The lowest BCUT2D eigenvalue weighted by Gasteiger charge is -2.40. The van der Waals surface area contributed by atoms with Gasteiger partial charge in [0.1, 0.15) is 10.4 Å². The van der Waals surface area contributed by atoms with E-state index in [1.54, 1.807) is 18.7 Å². The zero-order chi connectivity index (χ0) is 22.6. The number of anilines is 1. The van der Waals surface area contributed by atoms with Gasteiger partial charge in [-0.05, 0) is 27.2 Å². The van der Waals surface area contributed by atoms with E-state index in [1.807, 2.05) is 6.92 Å². The second-order valence-corrected chi connectivity index (χ2v) is 11.8. The molecular weight excluding hydrogens is 422 g/mol. The molecule has 11 heteroatoms. The average Bonchev–Trinajstić information content (AvgIpc) is 3.03. The number of nitrogens with two attached hydrogens (primary N) is 1. The minimum atomic E-state index is -3.57. The molecule has 1 aromatic rings. The molecule has 3 atom stereocenters. The Hall–Kier alpha value is -1.98. The second kappa shape index (κ2) is 7.86. The molecule has 0 bridgehead atoms. The molecule has 0 saturated carbocycles. The first kappa shape index (κ1) is 22.2. The smallest absolute Gasteiger partial charge is 0.291 e. The molecule has 2 fully saturated rings. The summed E-state index contributed by atoms with van der Waals surface area (Å²) in [5.41, 5.74) is 6.19. The van der Waals surface area contributed by atoms with Crippen LogP contribution in [0.4, 0.5) is 5.82 Å². The van der Waals surface area contributed by atoms with Crippen LogP contribution in [0, 0.1) is 0 Å². The lowest BCUT2D eigenvalue weighted by atomic mass is 10.1. The number of ether oxygens (including phenoxy) is 2. The molecule has 0 aromatic carbocycles. The molecule has 3 aliphatic rings. The number of fused-ring (bicyclic) bond motifs is 3. The van der Waals surface area contributed by atoms with Crippen molar-refractivity contribution in [2.45, 2.75) is 56.5 Å². The van der Waals surface area contributed by atoms with Gasteiger partial charge in [-0.1, -0.05) is 0 Å². The van der Waals surface area contributed by atoms with Gasteiger partial charge in [-0.2, -0.15) is 0 Å². The number of morpholine rings is 1. The maximum absolute atomic E-state index is 13.2. The van der Waals surface area contributed by atoms with Crippen molar-refractivity contribution in [3.05, 3.63) is 11.5 Å². The summed E-state index contributed by atoms with van der Waals surface area (Å²) >= 11 is 0. The molecule has 10 nitrogen and oxygen atoms in total. The van der Waals surface area contributed by atoms with E-state index in [2.05, 4.69) is 14.9 Å². The summed E-state index contributed by atoms with van der Waals surface area (Å²) in [4.78, 5) is 26.1. The minimum absolute atomic E-state index is 0.00791. The van der Waals surface area contributed by atoms with Gasteiger partial charge in [0.15, 0.2) is 21.4 Å². The maximum atomic E-state index is 13.2. The number of hydrogen-bond acceptors (Lipinski definition) is 9. The van der Waals surface area contributed by atoms with Gasteiger partial charge in [0.05, 0.1) is 31.9 Å². The average molecular weight is 454 g/mol. The van der Waals surface area contributed by atoms with Crippen LogP contribution in [0.5, 0.6) is 5.75 Å². The summed E-state index contributed by atoms with van der Waals surface area (Å²) in [6.45, 7) is 7.55. The highest BCUT2D eigenvalue weighted by Gasteiger charge is 2.43. The number of likely N-dealkylation sites (tertiary alicyclic amines) is 1. The van der Waals surface area contributed by atoms with Crippen LogP contribution in [-0.4, -0.2) is 86.5 Å². The largest absolute Gasteiger partial charge is 0.488 e. The molecule has 1 amide bonds. The van der Waals surface area contributed by atoms with E-state index in [1.165, 1.54) is 6.26 Å². The Morgan fingerprint density at radius 2 is 1.97 bits per heavy atom. The van der Waals surface area contributed by atoms with Gasteiger partial charge in [0, 0.05) is 31.8 Å². The van der Waals surface area contributed by atoms with Crippen LogP contribution >= 0.6 is 0 Å². The highest BCUT2D eigenvalue weighted by atomic mass is 32.2. The van der Waals surface area contributed by atoms with Crippen molar-refractivity contribution in [3.8, 4) is 5.75 Å². The Kier molecular flexibility index (Phi) is 5.63. The number of hydrogen-bond donors (Lipinski definition) is 1. The van der Waals surface area contributed by atoms with E-state index in [0.29, 0.717) is 57.3 Å². The van der Waals surface area contributed by atoms with Gasteiger partial charge in [-0.3, -0.25) is 4.79 Å². The van der Waals surface area contributed by atoms with E-state index in [9.17, 15) is 13.2 Å². The third kappa shape index (κ3) is 3.87. The summed E-state index contributed by atoms with van der Waals surface area (Å²) in [5.74, 6) is 0.429. The van der Waals surface area contributed by atoms with Gasteiger partial charge >= 0.3 is 0 Å². The van der Waals surface area contributed by atoms with Crippen LogP contribution in [0.1, 0.15) is 49.9 Å². The lowest BCUT2D eigenvalue weighted by Crippen LogP contribution is -2.51. The normalized spacial score (nSPS) is 26.7. The van der Waals surface area contributed by atoms with Crippen molar-refractivity contribution in [2.75, 3.05) is 44.1 Å². The van der Waals surface area contributed by atoms with Crippen LogP contribution in [0.25, 0.3) is 0 Å². The molecule has 0 radical (unpaired) electrons. The second-order valence-electron chi connectivity index (χ2n) is 9.22. The van der Waals surface area contributed by atoms with E-state index < -0.39 is 14.6 Å². The summed E-state index contributed by atoms with van der Waals surface area (Å²) < 4.78 is 35.8. The number of rotatable bonds is 3. The van der Waals surface area contributed by atoms with Crippen molar-refractivity contribution < 1.29 is 22.7 Å². The van der Waals surface area contributed by atoms with Crippen molar-refractivity contribution in [2.24, 2.45) is 5.73 Å².